The van der Waals surface area contributed by atoms with Gasteiger partial charge in [0.15, 0.2) is 0 Å². The highest BCUT2D eigenvalue weighted by Crippen LogP contribution is 2.67. The number of benzene rings is 2. The summed E-state index contributed by atoms with van der Waals surface area (Å²) >= 11 is 7.84. The number of ether oxygens (including phenoxy) is 1. The van der Waals surface area contributed by atoms with Crippen LogP contribution in [0.25, 0.3) is 0 Å². The number of unbranched alkanes of at least 4 members (excludes halogenated alkanes) is 3. The molecule has 3 heterocycles. The quantitative estimate of drug-likeness (QED) is 0.172. The number of likely N-dealkylation sites (tertiary alicyclic amines) is 1. The van der Waals surface area contributed by atoms with Gasteiger partial charge in [0.05, 0.1) is 23.2 Å². The molecule has 3 aliphatic heterocycles. The molecular weight excluding hydrogens is 622 g/mol. The van der Waals surface area contributed by atoms with E-state index in [4.69, 9.17) is 16.3 Å². The number of fused-ring (bicyclic) bond motifs is 1. The molecule has 3 fully saturated rings. The van der Waals surface area contributed by atoms with E-state index in [0.717, 1.165) is 25.0 Å². The molecule has 1 spiro atoms. The lowest BCUT2D eigenvalue weighted by molar-refractivity contribution is -0.139. The van der Waals surface area contributed by atoms with E-state index in [0.29, 0.717) is 55.4 Å². The average molecular weight is 666 g/mol. The lowest BCUT2D eigenvalue weighted by atomic mass is 9.70. The van der Waals surface area contributed by atoms with Crippen LogP contribution in [0.5, 0.6) is 5.75 Å². The fraction of sp³-hybridized carbons (Fsp3) is 0.472. The molecule has 2 aromatic carbocycles. The molecule has 8 nitrogen and oxygen atoms in total. The Morgan fingerprint density at radius 3 is 2.22 bits per heavy atom. The molecule has 5 atom stereocenters. The van der Waals surface area contributed by atoms with Crippen LogP contribution < -0.4 is 14.5 Å². The van der Waals surface area contributed by atoms with E-state index in [9.17, 15) is 19.5 Å². The normalized spacial score (nSPS) is 24.5. The van der Waals surface area contributed by atoms with Crippen LogP contribution in [-0.2, 0) is 14.4 Å². The monoisotopic (exact) mass is 665 g/mol. The molecule has 0 saturated carbocycles. The fourth-order valence-electron chi connectivity index (χ4n) is 7.44. The van der Waals surface area contributed by atoms with Crippen molar-refractivity contribution in [2.45, 2.75) is 61.5 Å². The van der Waals surface area contributed by atoms with E-state index >= 15 is 0 Å². The zero-order valence-corrected chi connectivity index (χ0v) is 28.1. The molecule has 246 valence electrons. The largest absolute Gasteiger partial charge is 0.494 e. The van der Waals surface area contributed by atoms with Gasteiger partial charge in [-0.15, -0.1) is 24.9 Å². The van der Waals surface area contributed by atoms with Crippen LogP contribution in [0, 0.1) is 11.8 Å². The number of thioether (sulfide) groups is 1. The third kappa shape index (κ3) is 6.46. The summed E-state index contributed by atoms with van der Waals surface area (Å²) in [5.41, 5.74) is 1.40. The number of amides is 3. The Morgan fingerprint density at radius 1 is 1.00 bits per heavy atom. The zero-order chi connectivity index (χ0) is 32.8. The van der Waals surface area contributed by atoms with E-state index in [1.54, 1.807) is 50.7 Å². The zero-order valence-electron chi connectivity index (χ0n) is 26.5. The number of anilines is 2. The third-order valence-corrected chi connectivity index (χ3v) is 11.6. The number of nitrogens with zero attached hydrogens (tertiary/aromatic N) is 3. The van der Waals surface area contributed by atoms with Gasteiger partial charge in [0.25, 0.3) is 5.91 Å². The predicted octanol–water partition coefficient (Wildman–Crippen LogP) is 6.12. The summed E-state index contributed by atoms with van der Waals surface area (Å²) in [6, 6.07) is 13.8. The van der Waals surface area contributed by atoms with Crippen LogP contribution in [0.4, 0.5) is 11.4 Å². The van der Waals surface area contributed by atoms with Crippen molar-refractivity contribution in [3.8, 4) is 5.75 Å². The van der Waals surface area contributed by atoms with Gasteiger partial charge in [-0.1, -0.05) is 36.6 Å². The van der Waals surface area contributed by atoms with Crippen molar-refractivity contribution in [2.24, 2.45) is 11.8 Å². The van der Waals surface area contributed by atoms with Crippen molar-refractivity contribution in [1.82, 2.24) is 4.90 Å². The molecule has 46 heavy (non-hydrogen) atoms. The Bertz CT molecular complexity index is 1420. The fourth-order valence-corrected chi connectivity index (χ4v) is 9.78. The Morgan fingerprint density at radius 2 is 1.61 bits per heavy atom. The SMILES string of the molecule is C=CCN(C(=O)C1N(CCCCCCO)C(=O)[C@@H]2[C@H](C(=O)N(CC=C)c3ccc(OCC)cc3)[C@@H]3CCC12S3)c1ccc(Cl)cc1. The summed E-state index contributed by atoms with van der Waals surface area (Å²) in [6.45, 7) is 11.4. The van der Waals surface area contributed by atoms with Gasteiger partial charge in [0, 0.05) is 47.9 Å². The maximum Gasteiger partial charge on any atom is 0.251 e. The number of hydrogen-bond donors (Lipinski definition) is 1. The van der Waals surface area contributed by atoms with E-state index in [1.807, 2.05) is 43.3 Å². The van der Waals surface area contributed by atoms with Gasteiger partial charge in [-0.2, -0.15) is 0 Å². The topological polar surface area (TPSA) is 90.4 Å². The first kappa shape index (κ1) is 34.1. The number of aliphatic hydroxyl groups excluding tert-OH is 1. The maximum absolute atomic E-state index is 14.7. The molecule has 10 heteroatoms. The van der Waals surface area contributed by atoms with Crippen molar-refractivity contribution in [3.05, 3.63) is 78.9 Å². The van der Waals surface area contributed by atoms with Crippen molar-refractivity contribution < 1.29 is 24.2 Å². The predicted molar refractivity (Wildman–Crippen MR) is 186 cm³/mol. The van der Waals surface area contributed by atoms with E-state index < -0.39 is 22.6 Å². The molecule has 0 aliphatic carbocycles. The smallest absolute Gasteiger partial charge is 0.251 e. The number of rotatable bonds is 16. The lowest BCUT2D eigenvalue weighted by Crippen LogP contribution is -2.55. The van der Waals surface area contributed by atoms with Crippen molar-refractivity contribution in [2.75, 3.05) is 42.6 Å². The summed E-state index contributed by atoms with van der Waals surface area (Å²) in [5, 5.41) is 9.75. The van der Waals surface area contributed by atoms with Crippen molar-refractivity contribution in [3.63, 3.8) is 0 Å². The van der Waals surface area contributed by atoms with E-state index in [1.165, 1.54) is 0 Å². The molecule has 2 bridgehead atoms. The van der Waals surface area contributed by atoms with Crippen LogP contribution in [0.1, 0.15) is 45.4 Å². The van der Waals surface area contributed by atoms with Gasteiger partial charge >= 0.3 is 0 Å². The minimum atomic E-state index is -0.718. The molecule has 0 radical (unpaired) electrons. The van der Waals surface area contributed by atoms with Crippen LogP contribution in [0.15, 0.2) is 73.8 Å². The van der Waals surface area contributed by atoms with Crippen LogP contribution in [-0.4, -0.2) is 76.6 Å². The Hall–Kier alpha value is -3.27. The molecule has 2 aromatic rings. The highest BCUT2D eigenvalue weighted by Gasteiger charge is 2.74. The van der Waals surface area contributed by atoms with Gasteiger partial charge in [-0.3, -0.25) is 14.4 Å². The Kier molecular flexibility index (Phi) is 11.2. The minimum Gasteiger partial charge on any atom is -0.494 e. The van der Waals surface area contributed by atoms with Crippen molar-refractivity contribution >= 4 is 52.5 Å². The molecular formula is C36H44ClN3O5S. The van der Waals surface area contributed by atoms with Gasteiger partial charge in [-0.25, -0.2) is 0 Å². The first-order valence-electron chi connectivity index (χ1n) is 16.2. The van der Waals surface area contributed by atoms with Crippen LogP contribution in [0.2, 0.25) is 5.02 Å². The first-order chi connectivity index (χ1) is 22.3. The van der Waals surface area contributed by atoms with Gasteiger partial charge in [0.1, 0.15) is 11.8 Å². The first-order valence-corrected chi connectivity index (χ1v) is 17.5. The highest BCUT2D eigenvalue weighted by atomic mass is 35.5. The number of hydrogen-bond acceptors (Lipinski definition) is 6. The summed E-state index contributed by atoms with van der Waals surface area (Å²) in [6.07, 6.45) is 7.92. The molecule has 3 aliphatic rings. The second kappa shape index (κ2) is 15.1. The summed E-state index contributed by atoms with van der Waals surface area (Å²) in [5.74, 6) is -0.842. The highest BCUT2D eigenvalue weighted by molar-refractivity contribution is 8.02. The van der Waals surface area contributed by atoms with Crippen LogP contribution >= 0.6 is 23.4 Å². The number of carbonyl (C=O) groups is 3. The standard InChI is InChI=1S/C36H44ClN3O5S/c1-4-21-38(27-15-17-28(18-16-27)45-6-3)33(42)30-29-19-20-36(46-29)31(30)34(43)40(23-9-7-8-10-24-41)32(36)35(44)39(22-5-2)26-13-11-25(37)12-14-26/h4-5,11-18,29-32,41H,1-2,6-10,19-24H2,3H3/t29-,30+,31-,32?,36?/m0/s1. The second-order valence-electron chi connectivity index (χ2n) is 12.1. The van der Waals surface area contributed by atoms with Crippen molar-refractivity contribution in [1.29, 1.82) is 0 Å². The summed E-state index contributed by atoms with van der Waals surface area (Å²) < 4.78 is 4.89. The number of halogens is 1. The minimum absolute atomic E-state index is 0.0677. The lowest BCUT2D eigenvalue weighted by Gasteiger charge is -2.37. The Labute approximate surface area is 281 Å². The second-order valence-corrected chi connectivity index (χ2v) is 14.1. The Balaban J connectivity index is 1.50. The van der Waals surface area contributed by atoms with Gasteiger partial charge in [0.2, 0.25) is 11.8 Å². The molecule has 0 aromatic heterocycles. The molecule has 3 amide bonds. The maximum atomic E-state index is 14.7. The van der Waals surface area contributed by atoms with E-state index in [2.05, 4.69) is 13.2 Å². The third-order valence-electron chi connectivity index (χ3n) is 9.38. The molecule has 5 rings (SSSR count). The van der Waals surface area contributed by atoms with E-state index in [-0.39, 0.29) is 36.1 Å². The van der Waals surface area contributed by atoms with Gasteiger partial charge in [-0.05, 0) is 81.1 Å². The molecule has 3 saturated heterocycles. The number of carbonyl (C=O) groups excluding carboxylic acids is 3. The average Bonchev–Trinajstić information content (AvgIpc) is 3.70. The van der Waals surface area contributed by atoms with Gasteiger partial charge < -0.3 is 24.5 Å². The summed E-state index contributed by atoms with van der Waals surface area (Å²) in [4.78, 5) is 49.0. The summed E-state index contributed by atoms with van der Waals surface area (Å²) in [7, 11) is 0. The van der Waals surface area contributed by atoms with Crippen LogP contribution in [0.3, 0.4) is 0 Å². The number of aliphatic hydroxyl groups is 1. The molecule has 1 N–H and O–H groups in total. The molecule has 2 unspecified atom stereocenters.